The molecule has 1 aliphatic carbocycles. The predicted octanol–water partition coefficient (Wildman–Crippen LogP) is 1.80. The molecule has 0 aromatic heterocycles. The summed E-state index contributed by atoms with van der Waals surface area (Å²) >= 11 is 0. The molecule has 2 unspecified atom stereocenters. The van der Waals surface area contributed by atoms with E-state index in [-0.39, 0.29) is 18.4 Å². The average Bonchev–Trinajstić information content (AvgIpc) is 2.84. The monoisotopic (exact) mass is 351 g/mol. The van der Waals surface area contributed by atoms with Crippen LogP contribution < -0.4 is 5.32 Å². The molecule has 1 aliphatic heterocycles. The zero-order valence-corrected chi connectivity index (χ0v) is 15.5. The minimum atomic E-state index is -0.873. The molecule has 140 valence electrons. The molecule has 1 saturated heterocycles. The predicted molar refractivity (Wildman–Crippen MR) is 91.4 cm³/mol. The molecule has 7 heteroatoms. The minimum absolute atomic E-state index is 0.181. The number of ether oxygens (including phenoxy) is 1. The quantitative estimate of drug-likeness (QED) is 0.804. The SMILES string of the molecule is C[C@H]1CC(C#N)N(C(=O)C(NC(=O)OC(C)(C)C)C2(CO)CCC2)C1. The van der Waals surface area contributed by atoms with E-state index in [4.69, 9.17) is 4.74 Å². The first-order valence-corrected chi connectivity index (χ1v) is 8.92. The highest BCUT2D eigenvalue weighted by atomic mass is 16.6. The fourth-order valence-corrected chi connectivity index (χ4v) is 3.65. The van der Waals surface area contributed by atoms with Crippen molar-refractivity contribution in [3.63, 3.8) is 0 Å². The molecular weight excluding hydrogens is 322 g/mol. The third kappa shape index (κ3) is 4.24. The topological polar surface area (TPSA) is 103 Å². The molecule has 0 aromatic rings. The second-order valence-corrected chi connectivity index (χ2v) is 8.43. The zero-order valence-electron chi connectivity index (χ0n) is 15.5. The van der Waals surface area contributed by atoms with Gasteiger partial charge in [0, 0.05) is 12.0 Å². The fourth-order valence-electron chi connectivity index (χ4n) is 3.65. The number of likely N-dealkylation sites (tertiary alicyclic amines) is 1. The molecule has 0 radical (unpaired) electrons. The van der Waals surface area contributed by atoms with Gasteiger partial charge >= 0.3 is 6.09 Å². The van der Waals surface area contributed by atoms with Crippen molar-refractivity contribution in [2.75, 3.05) is 13.2 Å². The molecule has 7 nitrogen and oxygen atoms in total. The summed E-state index contributed by atoms with van der Waals surface area (Å²) in [5.41, 5.74) is -1.35. The molecule has 0 bridgehead atoms. The molecule has 25 heavy (non-hydrogen) atoms. The van der Waals surface area contributed by atoms with Crippen LogP contribution in [0.5, 0.6) is 0 Å². The van der Waals surface area contributed by atoms with Crippen LogP contribution in [-0.2, 0) is 9.53 Å². The maximum Gasteiger partial charge on any atom is 0.408 e. The van der Waals surface area contributed by atoms with Gasteiger partial charge in [-0.2, -0.15) is 5.26 Å². The lowest BCUT2D eigenvalue weighted by Gasteiger charge is -2.46. The summed E-state index contributed by atoms with van der Waals surface area (Å²) in [5.74, 6) is -0.0576. The molecule has 2 fully saturated rings. The van der Waals surface area contributed by atoms with Crippen LogP contribution in [0.2, 0.25) is 0 Å². The van der Waals surface area contributed by atoms with Crippen molar-refractivity contribution in [3.05, 3.63) is 0 Å². The van der Waals surface area contributed by atoms with Gasteiger partial charge in [0.2, 0.25) is 5.91 Å². The maximum atomic E-state index is 13.2. The number of aliphatic hydroxyl groups excluding tert-OH is 1. The van der Waals surface area contributed by atoms with Crippen molar-refractivity contribution in [3.8, 4) is 6.07 Å². The van der Waals surface area contributed by atoms with E-state index in [1.807, 2.05) is 6.92 Å². The van der Waals surface area contributed by atoms with Gasteiger partial charge in [-0.25, -0.2) is 4.79 Å². The number of amides is 2. The fraction of sp³-hybridized carbons (Fsp3) is 0.833. The van der Waals surface area contributed by atoms with Crippen LogP contribution in [0.25, 0.3) is 0 Å². The van der Waals surface area contributed by atoms with Gasteiger partial charge in [0.05, 0.1) is 12.7 Å². The van der Waals surface area contributed by atoms with E-state index in [1.54, 1.807) is 25.7 Å². The Labute approximate surface area is 149 Å². The molecule has 1 saturated carbocycles. The number of nitrogens with one attached hydrogen (secondary N) is 1. The lowest BCUT2D eigenvalue weighted by Crippen LogP contribution is -2.61. The minimum Gasteiger partial charge on any atom is -0.444 e. The van der Waals surface area contributed by atoms with Crippen molar-refractivity contribution in [2.24, 2.45) is 11.3 Å². The largest absolute Gasteiger partial charge is 0.444 e. The Kier molecular flexibility index (Phi) is 5.62. The van der Waals surface area contributed by atoms with E-state index in [0.717, 1.165) is 6.42 Å². The summed E-state index contributed by atoms with van der Waals surface area (Å²) in [5, 5.41) is 21.9. The molecule has 0 aromatic carbocycles. The van der Waals surface area contributed by atoms with Gasteiger partial charge in [-0.3, -0.25) is 4.79 Å². The molecular formula is C18H29N3O4. The summed E-state index contributed by atoms with van der Waals surface area (Å²) in [6.07, 6.45) is 2.19. The van der Waals surface area contributed by atoms with Gasteiger partial charge in [-0.05, 0) is 46.0 Å². The summed E-state index contributed by atoms with van der Waals surface area (Å²) in [6.45, 7) is 7.57. The first-order chi connectivity index (χ1) is 11.6. The first-order valence-electron chi connectivity index (χ1n) is 8.92. The normalized spacial score (nSPS) is 26.3. The zero-order chi connectivity index (χ0) is 18.8. The Morgan fingerprint density at radius 1 is 1.44 bits per heavy atom. The number of rotatable bonds is 4. The van der Waals surface area contributed by atoms with Crippen LogP contribution in [0.1, 0.15) is 53.4 Å². The number of carbonyl (C=O) groups is 2. The van der Waals surface area contributed by atoms with E-state index in [1.165, 1.54) is 0 Å². The molecule has 2 amide bonds. The Balaban J connectivity index is 2.21. The average molecular weight is 351 g/mol. The van der Waals surface area contributed by atoms with E-state index in [2.05, 4.69) is 11.4 Å². The number of hydrogen-bond acceptors (Lipinski definition) is 5. The molecule has 2 rings (SSSR count). The molecule has 0 spiro atoms. The van der Waals surface area contributed by atoms with Crippen LogP contribution in [0, 0.1) is 22.7 Å². The summed E-state index contributed by atoms with van der Waals surface area (Å²) < 4.78 is 5.30. The number of nitriles is 1. The Hall–Kier alpha value is -1.81. The van der Waals surface area contributed by atoms with Crippen LogP contribution in [-0.4, -0.2) is 52.8 Å². The van der Waals surface area contributed by atoms with E-state index < -0.39 is 29.2 Å². The third-order valence-corrected chi connectivity index (χ3v) is 5.13. The van der Waals surface area contributed by atoms with Crippen LogP contribution >= 0.6 is 0 Å². The van der Waals surface area contributed by atoms with Gasteiger partial charge in [0.1, 0.15) is 17.7 Å². The number of carbonyl (C=O) groups excluding carboxylic acids is 2. The highest BCUT2D eigenvalue weighted by Crippen LogP contribution is 2.44. The van der Waals surface area contributed by atoms with Crippen molar-refractivity contribution in [2.45, 2.75) is 71.1 Å². The second kappa shape index (κ2) is 7.20. The highest BCUT2D eigenvalue weighted by molar-refractivity contribution is 5.87. The second-order valence-electron chi connectivity index (χ2n) is 8.43. The van der Waals surface area contributed by atoms with Crippen molar-refractivity contribution < 1.29 is 19.4 Å². The molecule has 2 aliphatic rings. The van der Waals surface area contributed by atoms with E-state index >= 15 is 0 Å². The van der Waals surface area contributed by atoms with Crippen LogP contribution in [0.4, 0.5) is 4.79 Å². The number of alkyl carbamates (subject to hydrolysis) is 1. The van der Waals surface area contributed by atoms with Crippen molar-refractivity contribution in [1.29, 1.82) is 5.26 Å². The van der Waals surface area contributed by atoms with Gasteiger partial charge < -0.3 is 20.1 Å². The molecule has 3 atom stereocenters. The first kappa shape index (κ1) is 19.5. The standard InChI is InChI=1S/C18H29N3O4/c1-12-8-13(9-19)21(10-12)15(23)14(18(11-22)6-5-7-18)20-16(24)25-17(2,3)4/h12-14,22H,5-8,10-11H2,1-4H3,(H,20,24)/t12-,13?,14?/m0/s1. The third-order valence-electron chi connectivity index (χ3n) is 5.13. The van der Waals surface area contributed by atoms with Crippen molar-refractivity contribution >= 4 is 12.0 Å². The molecule has 1 heterocycles. The molecule has 2 N–H and O–H groups in total. The number of aliphatic hydroxyl groups is 1. The lowest BCUT2D eigenvalue weighted by molar-refractivity contribution is -0.141. The van der Waals surface area contributed by atoms with Gasteiger partial charge in [-0.1, -0.05) is 13.3 Å². The van der Waals surface area contributed by atoms with E-state index in [9.17, 15) is 20.0 Å². The van der Waals surface area contributed by atoms with Crippen LogP contribution in [0.15, 0.2) is 0 Å². The van der Waals surface area contributed by atoms with Crippen LogP contribution in [0.3, 0.4) is 0 Å². The van der Waals surface area contributed by atoms with Gasteiger partial charge in [0.25, 0.3) is 0 Å². The maximum absolute atomic E-state index is 13.2. The van der Waals surface area contributed by atoms with E-state index in [0.29, 0.717) is 25.8 Å². The Bertz CT molecular complexity index is 554. The number of nitrogens with zero attached hydrogens (tertiary/aromatic N) is 2. The summed E-state index contributed by atoms with van der Waals surface area (Å²) in [7, 11) is 0. The summed E-state index contributed by atoms with van der Waals surface area (Å²) in [6, 6.07) is 0.818. The van der Waals surface area contributed by atoms with Gasteiger partial charge in [0.15, 0.2) is 0 Å². The van der Waals surface area contributed by atoms with Crippen molar-refractivity contribution in [1.82, 2.24) is 10.2 Å². The highest BCUT2D eigenvalue weighted by Gasteiger charge is 2.51. The summed E-state index contributed by atoms with van der Waals surface area (Å²) in [4.78, 5) is 27.0. The lowest BCUT2D eigenvalue weighted by atomic mass is 9.64. The number of hydrogen-bond donors (Lipinski definition) is 2. The Morgan fingerprint density at radius 3 is 2.52 bits per heavy atom. The van der Waals surface area contributed by atoms with Gasteiger partial charge in [-0.15, -0.1) is 0 Å². The smallest absolute Gasteiger partial charge is 0.408 e. The Morgan fingerprint density at radius 2 is 2.08 bits per heavy atom.